The van der Waals surface area contributed by atoms with Crippen LogP contribution in [-0.2, 0) is 26.0 Å². The molecule has 1 N–H and O–H groups in total. The predicted molar refractivity (Wildman–Crippen MR) is 74.8 cm³/mol. The topological polar surface area (TPSA) is 72.5 Å². The Bertz CT molecular complexity index is 637. The van der Waals surface area contributed by atoms with Gasteiger partial charge in [-0.1, -0.05) is 0 Å². The van der Waals surface area contributed by atoms with E-state index in [4.69, 9.17) is 0 Å². The van der Waals surface area contributed by atoms with Crippen LogP contribution in [-0.4, -0.2) is 32.0 Å². The van der Waals surface area contributed by atoms with Crippen LogP contribution in [0.1, 0.15) is 12.8 Å². The summed E-state index contributed by atoms with van der Waals surface area (Å²) in [5, 5.41) is 0. The fourth-order valence-corrected chi connectivity index (χ4v) is 4.95. The van der Waals surface area contributed by atoms with E-state index in [2.05, 4.69) is 4.18 Å². The van der Waals surface area contributed by atoms with E-state index in [1.54, 1.807) is 12.1 Å². The van der Waals surface area contributed by atoms with Crippen LogP contribution < -0.4 is 8.91 Å². The van der Waals surface area contributed by atoms with E-state index < -0.39 is 22.4 Å². The molecule has 0 spiro atoms. The second kappa shape index (κ2) is 6.37. The molecule has 1 aromatic carbocycles. The molecule has 0 bridgehead atoms. The number of hydrogen-bond acceptors (Lipinski definition) is 4. The summed E-state index contributed by atoms with van der Waals surface area (Å²) in [6.07, 6.45) is -3.00. The molecule has 10 heteroatoms. The number of amides is 1. The molecule has 22 heavy (non-hydrogen) atoms. The van der Waals surface area contributed by atoms with Gasteiger partial charge in [0, 0.05) is 10.9 Å². The average Bonchev–Trinajstić information content (AvgIpc) is 2.91. The average molecular weight is 356 g/mol. The lowest BCUT2D eigenvalue weighted by Crippen LogP contribution is -2.42. The minimum Gasteiger partial charge on any atom is -0.367 e. The summed E-state index contributed by atoms with van der Waals surface area (Å²) in [6.45, 7) is 0. The first-order valence-electron chi connectivity index (χ1n) is 6.28. The predicted octanol–water partition coefficient (Wildman–Crippen LogP) is 1.76. The molecule has 1 fully saturated rings. The zero-order valence-electron chi connectivity index (χ0n) is 11.2. The molecule has 1 saturated heterocycles. The van der Waals surface area contributed by atoms with Gasteiger partial charge in [-0.05, 0) is 37.1 Å². The van der Waals surface area contributed by atoms with Crippen LogP contribution in [0.5, 0.6) is 5.75 Å². The smallest absolute Gasteiger partial charge is 0.367 e. The Balaban J connectivity index is 2.02. The van der Waals surface area contributed by atoms with E-state index in [0.717, 1.165) is 34.0 Å². The van der Waals surface area contributed by atoms with Gasteiger partial charge in [-0.25, -0.2) is 4.72 Å². The quantitative estimate of drug-likeness (QED) is 0.835. The normalized spacial score (nSPS) is 16.5. The highest BCUT2D eigenvalue weighted by atomic mass is 32.2. The Morgan fingerprint density at radius 3 is 2.18 bits per heavy atom. The molecule has 122 valence electrons. The van der Waals surface area contributed by atoms with E-state index in [0.29, 0.717) is 0 Å². The number of alkyl halides is 3. The van der Waals surface area contributed by atoms with Gasteiger partial charge in [-0.15, -0.1) is 0 Å². The second-order valence-electron chi connectivity index (χ2n) is 4.55. The summed E-state index contributed by atoms with van der Waals surface area (Å²) in [4.78, 5) is 11.7. The van der Waals surface area contributed by atoms with E-state index in [-0.39, 0.29) is 16.6 Å². The lowest BCUT2D eigenvalue weighted by molar-refractivity contribution is -0.171. The summed E-state index contributed by atoms with van der Waals surface area (Å²) < 4.78 is 64.0. The standard InChI is InChI=1S/C12H12F3NO4S2/c13-12(14,15)11(17)16-22(18,19)20-9-3-5-10(6-4-9)21-7-1-2-8-21/h3-6H,1-2,7-8H2/p+1. The van der Waals surface area contributed by atoms with E-state index >= 15 is 0 Å². The van der Waals surface area contributed by atoms with Gasteiger partial charge in [0.15, 0.2) is 4.90 Å². The van der Waals surface area contributed by atoms with Crippen molar-refractivity contribution in [3.05, 3.63) is 24.3 Å². The molecule has 0 saturated carbocycles. The van der Waals surface area contributed by atoms with Gasteiger partial charge < -0.3 is 4.18 Å². The molecular formula is C12H13F3NO4S2+. The maximum atomic E-state index is 12.0. The number of nitrogens with one attached hydrogen (secondary N) is 1. The lowest BCUT2D eigenvalue weighted by Gasteiger charge is -2.09. The third kappa shape index (κ3) is 4.54. The highest BCUT2D eigenvalue weighted by Crippen LogP contribution is 2.25. The summed E-state index contributed by atoms with van der Waals surface area (Å²) in [7, 11) is -4.73. The molecule has 0 atom stereocenters. The van der Waals surface area contributed by atoms with Crippen molar-refractivity contribution in [3.63, 3.8) is 0 Å². The second-order valence-corrected chi connectivity index (χ2v) is 8.10. The fourth-order valence-electron chi connectivity index (χ4n) is 1.90. The van der Waals surface area contributed by atoms with Crippen molar-refractivity contribution in [2.24, 2.45) is 0 Å². The fraction of sp³-hybridized carbons (Fsp3) is 0.417. The van der Waals surface area contributed by atoms with E-state index in [9.17, 15) is 26.4 Å². The number of rotatable bonds is 4. The largest absolute Gasteiger partial charge is 0.472 e. The summed E-state index contributed by atoms with van der Waals surface area (Å²) >= 11 is 0. The first-order valence-corrected chi connectivity index (χ1v) is 9.25. The number of hydrogen-bond donors (Lipinski definition) is 1. The van der Waals surface area contributed by atoms with E-state index in [1.807, 2.05) is 0 Å². The van der Waals surface area contributed by atoms with Gasteiger partial charge >= 0.3 is 22.4 Å². The van der Waals surface area contributed by atoms with Crippen molar-refractivity contribution in [1.29, 1.82) is 0 Å². The summed E-state index contributed by atoms with van der Waals surface area (Å²) in [5.41, 5.74) is 0. The van der Waals surface area contributed by atoms with Crippen LogP contribution in [0, 0.1) is 0 Å². The molecular weight excluding hydrogens is 343 g/mol. The van der Waals surface area contributed by atoms with Crippen LogP contribution in [0.4, 0.5) is 13.2 Å². The van der Waals surface area contributed by atoms with Gasteiger partial charge in [0.05, 0.1) is 0 Å². The molecule has 1 aliphatic heterocycles. The van der Waals surface area contributed by atoms with Crippen molar-refractivity contribution >= 4 is 27.1 Å². The summed E-state index contributed by atoms with van der Waals surface area (Å²) in [6, 6.07) is 6.09. The lowest BCUT2D eigenvalue weighted by atomic mass is 10.3. The third-order valence-corrected chi connectivity index (χ3v) is 6.22. The molecule has 0 aliphatic carbocycles. The van der Waals surface area contributed by atoms with Crippen LogP contribution in [0.25, 0.3) is 0 Å². The Hall–Kier alpha value is -1.42. The monoisotopic (exact) mass is 356 g/mol. The molecule has 0 radical (unpaired) electrons. The van der Waals surface area contributed by atoms with E-state index in [1.165, 1.54) is 12.1 Å². The van der Waals surface area contributed by atoms with Gasteiger partial charge in [0.2, 0.25) is 0 Å². The van der Waals surface area contributed by atoms with Crippen molar-refractivity contribution in [2.45, 2.75) is 23.9 Å². The number of carbonyl (C=O) groups excluding carboxylic acids is 1. The van der Waals surface area contributed by atoms with Crippen molar-refractivity contribution in [1.82, 2.24) is 4.72 Å². The number of carbonyl (C=O) groups is 1. The van der Waals surface area contributed by atoms with Crippen molar-refractivity contribution in [3.8, 4) is 5.75 Å². The minimum atomic E-state index is -5.30. The highest BCUT2D eigenvalue weighted by Gasteiger charge is 2.41. The highest BCUT2D eigenvalue weighted by molar-refractivity contribution is 7.97. The Kier molecular flexibility index (Phi) is 4.90. The first kappa shape index (κ1) is 16.9. The Morgan fingerprint density at radius 1 is 1.14 bits per heavy atom. The number of halogens is 3. The molecule has 1 heterocycles. The molecule has 0 aromatic heterocycles. The van der Waals surface area contributed by atoms with Gasteiger partial charge in [-0.3, -0.25) is 4.79 Å². The number of benzene rings is 1. The maximum absolute atomic E-state index is 12.0. The molecule has 1 aliphatic rings. The SMILES string of the molecule is O=C(NS(=O)(=O)Oc1ccc([S+]2CCCC2)cc1)C(F)(F)F. The third-order valence-electron chi connectivity index (χ3n) is 2.87. The van der Waals surface area contributed by atoms with Gasteiger partial charge in [0.25, 0.3) is 0 Å². The van der Waals surface area contributed by atoms with Crippen molar-refractivity contribution < 1.29 is 30.6 Å². The van der Waals surface area contributed by atoms with Gasteiger partial charge in [-0.2, -0.15) is 21.6 Å². The van der Waals surface area contributed by atoms with Crippen LogP contribution in [0.3, 0.4) is 0 Å². The Morgan fingerprint density at radius 2 is 1.68 bits per heavy atom. The molecule has 2 rings (SSSR count). The first-order chi connectivity index (χ1) is 10.2. The maximum Gasteiger partial charge on any atom is 0.472 e. The van der Waals surface area contributed by atoms with Crippen LogP contribution in [0.2, 0.25) is 0 Å². The molecule has 5 nitrogen and oxygen atoms in total. The van der Waals surface area contributed by atoms with Gasteiger partial charge in [0.1, 0.15) is 17.3 Å². The van der Waals surface area contributed by atoms with Crippen LogP contribution in [0.15, 0.2) is 29.2 Å². The van der Waals surface area contributed by atoms with Crippen molar-refractivity contribution in [2.75, 3.05) is 11.5 Å². The zero-order chi connectivity index (χ0) is 16.4. The van der Waals surface area contributed by atoms with Crippen LogP contribution >= 0.6 is 0 Å². The molecule has 1 aromatic rings. The minimum absolute atomic E-state index is 0.134. The Labute approximate surface area is 128 Å². The molecule has 1 amide bonds. The zero-order valence-corrected chi connectivity index (χ0v) is 12.9. The summed E-state index contributed by atoms with van der Waals surface area (Å²) in [5.74, 6) is -0.592. The molecule has 0 unspecified atom stereocenters.